The summed E-state index contributed by atoms with van der Waals surface area (Å²) in [7, 11) is 0. The number of nitrogens with zero attached hydrogens (tertiary/aromatic N) is 4. The van der Waals surface area contributed by atoms with Crippen molar-refractivity contribution in [2.45, 2.75) is 38.1 Å². The Hall–Kier alpha value is -3.89. The summed E-state index contributed by atoms with van der Waals surface area (Å²) in [5.74, 6) is 0.315. The lowest BCUT2D eigenvalue weighted by Gasteiger charge is -2.28. The highest BCUT2D eigenvalue weighted by molar-refractivity contribution is 5.94. The van der Waals surface area contributed by atoms with E-state index in [4.69, 9.17) is 9.72 Å². The Labute approximate surface area is 202 Å². The number of fused-ring (bicyclic) bond motifs is 2. The zero-order chi connectivity index (χ0) is 24.4. The Morgan fingerprint density at radius 1 is 1.23 bits per heavy atom. The van der Waals surface area contributed by atoms with Crippen molar-refractivity contribution in [1.29, 1.82) is 0 Å². The van der Waals surface area contributed by atoms with Gasteiger partial charge in [-0.05, 0) is 48.9 Å². The minimum atomic E-state index is -1.01. The highest BCUT2D eigenvalue weighted by atomic mass is 16.5. The predicted octanol–water partition coefficient (Wildman–Crippen LogP) is 2.05. The Morgan fingerprint density at radius 2 is 2.11 bits per heavy atom. The third kappa shape index (κ3) is 4.98. The van der Waals surface area contributed by atoms with Gasteiger partial charge in [0, 0.05) is 38.1 Å². The van der Waals surface area contributed by atoms with Gasteiger partial charge in [-0.25, -0.2) is 14.8 Å². The highest BCUT2D eigenvalue weighted by Crippen LogP contribution is 2.33. The average molecular weight is 481 g/mol. The molecule has 0 radical (unpaired) electrons. The van der Waals surface area contributed by atoms with Gasteiger partial charge in [-0.1, -0.05) is 6.07 Å². The maximum atomic E-state index is 13.2. The number of carboxylic acids is 1. The number of carbonyl (C=O) groups is 3. The van der Waals surface area contributed by atoms with E-state index in [0.29, 0.717) is 36.8 Å². The summed E-state index contributed by atoms with van der Waals surface area (Å²) in [5.41, 5.74) is 2.81. The van der Waals surface area contributed by atoms with E-state index < -0.39 is 12.0 Å². The first-order chi connectivity index (χ1) is 17.0. The summed E-state index contributed by atoms with van der Waals surface area (Å²) in [6.45, 7) is 2.33. The summed E-state index contributed by atoms with van der Waals surface area (Å²) < 4.78 is 5.43. The molecule has 3 amide bonds. The van der Waals surface area contributed by atoms with Gasteiger partial charge >= 0.3 is 12.0 Å². The van der Waals surface area contributed by atoms with Crippen LogP contribution in [0.4, 0.5) is 16.4 Å². The molecule has 0 aliphatic carbocycles. The fourth-order valence-corrected chi connectivity index (χ4v) is 4.79. The number of hydrogen-bond acceptors (Lipinski definition) is 7. The van der Waals surface area contributed by atoms with Crippen LogP contribution in [0.5, 0.6) is 5.75 Å². The third-order valence-electron chi connectivity index (χ3n) is 6.56. The number of urea groups is 1. The van der Waals surface area contributed by atoms with E-state index in [9.17, 15) is 19.5 Å². The molecule has 1 saturated heterocycles. The van der Waals surface area contributed by atoms with Crippen molar-refractivity contribution in [1.82, 2.24) is 19.8 Å². The predicted molar refractivity (Wildman–Crippen MR) is 126 cm³/mol. The number of hydrogen-bond donors (Lipinski definition) is 3. The van der Waals surface area contributed by atoms with Gasteiger partial charge < -0.3 is 30.3 Å². The molecule has 2 aromatic rings. The van der Waals surface area contributed by atoms with Gasteiger partial charge in [0.2, 0.25) is 0 Å². The molecule has 3 N–H and O–H groups in total. The van der Waals surface area contributed by atoms with Gasteiger partial charge in [-0.15, -0.1) is 0 Å². The number of carbonyl (C=O) groups excluding carboxylic acids is 2. The largest absolute Gasteiger partial charge is 0.481 e. The number of carboxylic acid groups (broad SMARTS) is 1. The number of rotatable bonds is 8. The number of aromatic nitrogens is 2. The molecule has 35 heavy (non-hydrogen) atoms. The molecule has 1 fully saturated rings. The number of nitrogens with one attached hydrogen (secondary N) is 2. The van der Waals surface area contributed by atoms with Crippen LogP contribution in [0.3, 0.4) is 0 Å². The monoisotopic (exact) mass is 480 g/mol. The molecule has 0 bridgehead atoms. The van der Waals surface area contributed by atoms with Crippen LogP contribution in [0.25, 0.3) is 0 Å². The van der Waals surface area contributed by atoms with Crippen molar-refractivity contribution in [3.05, 3.63) is 41.2 Å². The van der Waals surface area contributed by atoms with E-state index in [1.54, 1.807) is 15.9 Å². The van der Waals surface area contributed by atoms with Crippen molar-refractivity contribution < 1.29 is 24.2 Å². The van der Waals surface area contributed by atoms with Crippen LogP contribution in [-0.2, 0) is 22.4 Å². The van der Waals surface area contributed by atoms with E-state index in [-0.39, 0.29) is 25.0 Å². The van der Waals surface area contributed by atoms with Crippen molar-refractivity contribution in [2.24, 2.45) is 0 Å². The normalized spacial score (nSPS) is 17.7. The molecular weight excluding hydrogens is 452 g/mol. The number of aryl methyl sites for hydroxylation is 2. The number of pyridine rings is 2. The molecule has 3 aliphatic heterocycles. The van der Waals surface area contributed by atoms with Crippen LogP contribution in [0.2, 0.25) is 0 Å². The van der Waals surface area contributed by atoms with Crippen LogP contribution in [-0.4, -0.2) is 75.6 Å². The molecule has 0 saturated carbocycles. The number of ether oxygens (including phenoxy) is 1. The maximum Gasteiger partial charge on any atom is 0.320 e. The summed E-state index contributed by atoms with van der Waals surface area (Å²) >= 11 is 0. The molecule has 11 heteroatoms. The van der Waals surface area contributed by atoms with E-state index in [1.165, 1.54) is 11.8 Å². The first-order valence-electron chi connectivity index (χ1n) is 11.9. The molecule has 2 aromatic heterocycles. The Kier molecular flexibility index (Phi) is 6.39. The molecule has 184 valence electrons. The first-order valence-corrected chi connectivity index (χ1v) is 11.9. The van der Waals surface area contributed by atoms with E-state index in [0.717, 1.165) is 43.7 Å². The van der Waals surface area contributed by atoms with Crippen LogP contribution in [0.15, 0.2) is 24.4 Å². The average Bonchev–Trinajstić information content (AvgIpc) is 3.22. The first kappa shape index (κ1) is 22.9. The minimum Gasteiger partial charge on any atom is -0.481 e. The molecular formula is C24H28N6O5. The quantitative estimate of drug-likeness (QED) is 0.522. The Balaban J connectivity index is 1.23. The fourth-order valence-electron chi connectivity index (χ4n) is 4.79. The fraction of sp³-hybridized carbons (Fsp3) is 0.458. The maximum absolute atomic E-state index is 13.2. The Bertz CT molecular complexity index is 1160. The summed E-state index contributed by atoms with van der Waals surface area (Å²) in [4.78, 5) is 48.6. The van der Waals surface area contributed by atoms with E-state index in [2.05, 4.69) is 27.8 Å². The SMILES string of the molecule is O=C(O)C[C@@H](c1cnc2c(c1)OCC(=O)N2)N1CCN(CCCc2ccc3c(n2)NCCC3)C1=O. The van der Waals surface area contributed by atoms with Crippen molar-refractivity contribution in [2.75, 3.05) is 43.4 Å². The molecule has 5 rings (SSSR count). The van der Waals surface area contributed by atoms with Crippen molar-refractivity contribution in [3.8, 4) is 5.75 Å². The summed E-state index contributed by atoms with van der Waals surface area (Å²) in [5, 5.41) is 15.5. The second-order valence-electron chi connectivity index (χ2n) is 8.97. The van der Waals surface area contributed by atoms with Gasteiger partial charge in [0.05, 0.1) is 12.5 Å². The second kappa shape index (κ2) is 9.77. The number of amides is 3. The van der Waals surface area contributed by atoms with E-state index >= 15 is 0 Å². The molecule has 0 aromatic carbocycles. The van der Waals surface area contributed by atoms with Gasteiger partial charge in [0.15, 0.2) is 18.2 Å². The molecule has 3 aliphatic rings. The highest BCUT2D eigenvalue weighted by Gasteiger charge is 2.36. The van der Waals surface area contributed by atoms with Crippen LogP contribution in [0, 0.1) is 0 Å². The van der Waals surface area contributed by atoms with Crippen LogP contribution >= 0.6 is 0 Å². The second-order valence-corrected chi connectivity index (χ2v) is 8.97. The van der Waals surface area contributed by atoms with Gasteiger partial charge in [-0.3, -0.25) is 9.59 Å². The standard InChI is InChI=1S/C24H28N6O5/c31-20-14-35-19-11-16(13-26-23(19)28-20)18(12-21(32)33)30-10-9-29(24(30)34)8-2-4-17-6-5-15-3-1-7-25-22(15)27-17/h5-6,11,13,18H,1-4,7-10,12,14H2,(H,25,27)(H,32,33)(H,26,28,31)/t18-/m0/s1. The van der Waals surface area contributed by atoms with Crippen molar-refractivity contribution >= 4 is 29.5 Å². The Morgan fingerprint density at radius 3 is 2.97 bits per heavy atom. The van der Waals surface area contributed by atoms with Gasteiger partial charge in [0.25, 0.3) is 5.91 Å². The molecule has 0 spiro atoms. The van der Waals surface area contributed by atoms with Crippen molar-refractivity contribution in [3.63, 3.8) is 0 Å². The lowest BCUT2D eigenvalue weighted by molar-refractivity contribution is -0.138. The van der Waals surface area contributed by atoms with Crippen LogP contribution < -0.4 is 15.4 Å². The molecule has 1 atom stereocenters. The summed E-state index contributed by atoms with van der Waals surface area (Å²) in [6, 6.07) is 4.97. The summed E-state index contributed by atoms with van der Waals surface area (Å²) in [6.07, 6.45) is 4.94. The minimum absolute atomic E-state index is 0.132. The van der Waals surface area contributed by atoms with Gasteiger partial charge in [0.1, 0.15) is 5.82 Å². The molecule has 11 nitrogen and oxygen atoms in total. The molecule has 0 unspecified atom stereocenters. The smallest absolute Gasteiger partial charge is 0.320 e. The number of aliphatic carboxylic acids is 1. The van der Waals surface area contributed by atoms with E-state index in [1.807, 2.05) is 0 Å². The zero-order valence-electron chi connectivity index (χ0n) is 19.3. The third-order valence-corrected chi connectivity index (χ3v) is 6.56. The molecule has 5 heterocycles. The zero-order valence-corrected chi connectivity index (χ0v) is 19.3. The lowest BCUT2D eigenvalue weighted by atomic mass is 10.0. The number of anilines is 2. The van der Waals surface area contributed by atoms with Gasteiger partial charge in [-0.2, -0.15) is 0 Å². The van der Waals surface area contributed by atoms with Crippen LogP contribution in [0.1, 0.15) is 42.1 Å². The lowest BCUT2D eigenvalue weighted by Crippen LogP contribution is -2.36. The topological polar surface area (TPSA) is 137 Å².